The van der Waals surface area contributed by atoms with Crippen LogP contribution < -0.4 is 16.0 Å². The van der Waals surface area contributed by atoms with E-state index in [-0.39, 0.29) is 5.56 Å². The van der Waals surface area contributed by atoms with Crippen LogP contribution in [0.4, 0.5) is 40.2 Å². The molecule has 0 atom stereocenters. The van der Waals surface area contributed by atoms with Gasteiger partial charge in [-0.25, -0.2) is 15.0 Å². The van der Waals surface area contributed by atoms with Crippen molar-refractivity contribution in [3.05, 3.63) is 105 Å². The van der Waals surface area contributed by atoms with Crippen LogP contribution in [0.15, 0.2) is 73.2 Å². The predicted molar refractivity (Wildman–Crippen MR) is 132 cm³/mol. The molecule has 2 aromatic heterocycles. The lowest BCUT2D eigenvalue weighted by atomic mass is 10.1. The van der Waals surface area contributed by atoms with E-state index in [0.29, 0.717) is 28.8 Å². The summed E-state index contributed by atoms with van der Waals surface area (Å²) in [6, 6.07) is 14.8. The minimum atomic E-state index is -0.796. The number of rotatable bonds is 8. The van der Waals surface area contributed by atoms with Crippen molar-refractivity contribution in [1.29, 1.82) is 0 Å². The molecule has 0 bridgehead atoms. The molecule has 0 aliphatic heterocycles. The number of benzene rings is 2. The normalized spacial score (nSPS) is 10.4. The van der Waals surface area contributed by atoms with Crippen LogP contribution in [0.5, 0.6) is 0 Å². The monoisotopic (exact) mass is 486 g/mol. The van der Waals surface area contributed by atoms with Crippen LogP contribution in [-0.2, 0) is 0 Å². The second-order valence-corrected chi connectivity index (χ2v) is 7.54. The van der Waals surface area contributed by atoms with E-state index in [0.717, 1.165) is 23.8 Å². The number of nitro benzene ring substituents is 2. The molecule has 0 spiro atoms. The maximum atomic E-state index is 12.5. The third-order valence-electron chi connectivity index (χ3n) is 4.84. The molecule has 2 aromatic carbocycles. The molecule has 13 nitrogen and oxygen atoms in total. The predicted octanol–water partition coefficient (Wildman–Crippen LogP) is 4.74. The number of aromatic nitrogens is 3. The molecule has 1 amide bonds. The van der Waals surface area contributed by atoms with E-state index in [1.54, 1.807) is 36.5 Å². The average molecular weight is 486 g/mol. The SMILES string of the molecule is Cc1ccnc(Nc2cc(Nc3ccc(NC(=O)c4cc([N+](=O)[O-])cc([N+](=O)[O-])c4)cc3)ncn2)c1. The average Bonchev–Trinajstić information content (AvgIpc) is 2.85. The summed E-state index contributed by atoms with van der Waals surface area (Å²) >= 11 is 0. The molecule has 180 valence electrons. The summed E-state index contributed by atoms with van der Waals surface area (Å²) in [5, 5.41) is 30.9. The van der Waals surface area contributed by atoms with Gasteiger partial charge in [0.25, 0.3) is 17.3 Å². The first kappa shape index (κ1) is 23.7. The van der Waals surface area contributed by atoms with Gasteiger partial charge in [0.1, 0.15) is 23.8 Å². The number of carbonyl (C=O) groups excluding carboxylic acids is 1. The van der Waals surface area contributed by atoms with Gasteiger partial charge in [-0.3, -0.25) is 25.0 Å². The second kappa shape index (κ2) is 10.2. The van der Waals surface area contributed by atoms with Crippen molar-refractivity contribution < 1.29 is 14.6 Å². The van der Waals surface area contributed by atoms with Crippen molar-refractivity contribution in [2.24, 2.45) is 0 Å². The summed E-state index contributed by atoms with van der Waals surface area (Å²) in [6.45, 7) is 1.96. The molecule has 0 radical (unpaired) electrons. The number of nitrogens with one attached hydrogen (secondary N) is 3. The highest BCUT2D eigenvalue weighted by molar-refractivity contribution is 6.05. The lowest BCUT2D eigenvalue weighted by Crippen LogP contribution is -2.12. The van der Waals surface area contributed by atoms with Crippen LogP contribution in [0.3, 0.4) is 0 Å². The molecule has 0 aliphatic carbocycles. The van der Waals surface area contributed by atoms with Crippen molar-refractivity contribution in [3.63, 3.8) is 0 Å². The molecule has 4 aromatic rings. The van der Waals surface area contributed by atoms with Crippen LogP contribution in [-0.4, -0.2) is 30.7 Å². The number of anilines is 5. The Morgan fingerprint density at radius 3 is 1.94 bits per heavy atom. The van der Waals surface area contributed by atoms with Gasteiger partial charge in [0.05, 0.1) is 21.5 Å². The number of pyridine rings is 1. The number of hydrogen-bond donors (Lipinski definition) is 3. The Balaban J connectivity index is 1.43. The second-order valence-electron chi connectivity index (χ2n) is 7.54. The summed E-state index contributed by atoms with van der Waals surface area (Å²) in [6.07, 6.45) is 3.09. The molecule has 13 heteroatoms. The molecule has 0 saturated heterocycles. The van der Waals surface area contributed by atoms with Crippen molar-refractivity contribution >= 4 is 46.1 Å². The number of nitrogens with zero attached hydrogens (tertiary/aromatic N) is 5. The third kappa shape index (κ3) is 5.91. The van der Waals surface area contributed by atoms with Crippen LogP contribution in [0.2, 0.25) is 0 Å². The van der Waals surface area contributed by atoms with E-state index in [9.17, 15) is 25.0 Å². The van der Waals surface area contributed by atoms with Gasteiger partial charge < -0.3 is 16.0 Å². The standard InChI is InChI=1S/C23H18N8O5/c1-14-6-7-24-20(8-14)29-22-12-21(25-13-26-22)27-16-2-4-17(5-3-16)28-23(32)15-9-18(30(33)34)11-19(10-15)31(35)36/h2-13H,1H3,(H,28,32)(H2,24,25,26,27,29). The first-order valence-corrected chi connectivity index (χ1v) is 10.4. The summed E-state index contributed by atoms with van der Waals surface area (Å²) < 4.78 is 0. The van der Waals surface area contributed by atoms with E-state index in [1.807, 2.05) is 19.1 Å². The largest absolute Gasteiger partial charge is 0.340 e. The van der Waals surface area contributed by atoms with Crippen LogP contribution in [0.1, 0.15) is 15.9 Å². The number of carbonyl (C=O) groups is 1. The quantitative estimate of drug-likeness (QED) is 0.233. The molecule has 0 unspecified atom stereocenters. The Morgan fingerprint density at radius 2 is 1.33 bits per heavy atom. The van der Waals surface area contributed by atoms with E-state index in [4.69, 9.17) is 0 Å². The van der Waals surface area contributed by atoms with Crippen LogP contribution in [0, 0.1) is 27.2 Å². The molecule has 4 rings (SSSR count). The highest BCUT2D eigenvalue weighted by atomic mass is 16.6. The van der Waals surface area contributed by atoms with Gasteiger partial charge >= 0.3 is 0 Å². The van der Waals surface area contributed by atoms with Gasteiger partial charge in [-0.1, -0.05) is 0 Å². The Morgan fingerprint density at radius 1 is 0.750 bits per heavy atom. The fourth-order valence-electron chi connectivity index (χ4n) is 3.15. The Labute approximate surface area is 203 Å². The minimum absolute atomic E-state index is 0.206. The van der Waals surface area contributed by atoms with Gasteiger partial charge in [0.15, 0.2) is 0 Å². The molecule has 36 heavy (non-hydrogen) atoms. The van der Waals surface area contributed by atoms with E-state index < -0.39 is 27.1 Å². The number of non-ortho nitro benzene ring substituents is 2. The van der Waals surface area contributed by atoms with Crippen LogP contribution in [0.25, 0.3) is 0 Å². The van der Waals surface area contributed by atoms with Gasteiger partial charge in [-0.05, 0) is 48.9 Å². The van der Waals surface area contributed by atoms with Gasteiger partial charge in [-0.15, -0.1) is 0 Å². The lowest BCUT2D eigenvalue weighted by molar-refractivity contribution is -0.394. The molecule has 0 saturated carbocycles. The first-order valence-electron chi connectivity index (χ1n) is 10.4. The Hall–Kier alpha value is -5.46. The molecule has 0 fully saturated rings. The van der Waals surface area contributed by atoms with Gasteiger partial charge in [0, 0.05) is 35.8 Å². The fourth-order valence-corrected chi connectivity index (χ4v) is 3.15. The smallest absolute Gasteiger partial charge is 0.277 e. The minimum Gasteiger partial charge on any atom is -0.340 e. The Kier molecular flexibility index (Phi) is 6.72. The highest BCUT2D eigenvalue weighted by Crippen LogP contribution is 2.24. The van der Waals surface area contributed by atoms with E-state index >= 15 is 0 Å². The lowest BCUT2D eigenvalue weighted by Gasteiger charge is -2.10. The molecular weight excluding hydrogens is 468 g/mol. The van der Waals surface area contributed by atoms with Gasteiger partial charge in [0.2, 0.25) is 0 Å². The maximum Gasteiger partial charge on any atom is 0.277 e. The van der Waals surface area contributed by atoms with Crippen molar-refractivity contribution in [2.75, 3.05) is 16.0 Å². The number of aryl methyl sites for hydroxylation is 1. The number of hydrogen-bond acceptors (Lipinski definition) is 10. The van der Waals surface area contributed by atoms with E-state index in [1.165, 1.54) is 6.33 Å². The zero-order valence-electron chi connectivity index (χ0n) is 18.7. The van der Waals surface area contributed by atoms with Crippen molar-refractivity contribution in [2.45, 2.75) is 6.92 Å². The molecular formula is C23H18N8O5. The molecule has 3 N–H and O–H groups in total. The zero-order valence-corrected chi connectivity index (χ0v) is 18.7. The molecule has 0 aliphatic rings. The zero-order chi connectivity index (χ0) is 25.7. The highest BCUT2D eigenvalue weighted by Gasteiger charge is 2.20. The van der Waals surface area contributed by atoms with Gasteiger partial charge in [-0.2, -0.15) is 0 Å². The fraction of sp³-hybridized carbons (Fsp3) is 0.0435. The number of amides is 1. The molecule has 2 heterocycles. The van der Waals surface area contributed by atoms with Crippen molar-refractivity contribution in [3.8, 4) is 0 Å². The van der Waals surface area contributed by atoms with E-state index in [2.05, 4.69) is 30.9 Å². The summed E-state index contributed by atoms with van der Waals surface area (Å²) in [5.74, 6) is 0.981. The first-order chi connectivity index (χ1) is 17.3. The maximum absolute atomic E-state index is 12.5. The number of nitro groups is 2. The summed E-state index contributed by atoms with van der Waals surface area (Å²) in [5.41, 5.74) is 0.794. The third-order valence-corrected chi connectivity index (χ3v) is 4.84. The topological polar surface area (TPSA) is 178 Å². The summed E-state index contributed by atoms with van der Waals surface area (Å²) in [4.78, 5) is 45.7. The Bertz CT molecular complexity index is 1430. The van der Waals surface area contributed by atoms with Crippen LogP contribution >= 0.6 is 0 Å². The summed E-state index contributed by atoms with van der Waals surface area (Å²) in [7, 11) is 0. The van der Waals surface area contributed by atoms with Crippen molar-refractivity contribution in [1.82, 2.24) is 15.0 Å².